The first-order valence-electron chi connectivity index (χ1n) is 18.3. The Bertz CT molecular complexity index is 2750. The summed E-state index contributed by atoms with van der Waals surface area (Å²) in [6.45, 7) is 0. The number of hydrogen-bond acceptors (Lipinski definition) is 0. The van der Waals surface area contributed by atoms with Crippen molar-refractivity contribution in [1.82, 2.24) is 13.7 Å². The standard InChI is InChI=1S/C49H35N3/c1-2-18-35-36-19-4-9-25-42(36)50(41(35)24-3-1)34-17-14-16-33(32-34)49-47(51-43-26-10-5-20-37(43)38-21-6-11-27-44(38)51)30-15-31-48(49)52-45-28-12-7-22-39(45)40-23-8-13-29-46(40)52/h1-3,5-17,20-32H,4,18-19H2. The molecule has 0 atom stereocenters. The van der Waals surface area contributed by atoms with E-state index in [1.54, 1.807) is 0 Å². The molecule has 0 bridgehead atoms. The van der Waals surface area contributed by atoms with Crippen LogP contribution in [0.2, 0.25) is 0 Å². The number of benzene rings is 6. The molecular weight excluding hydrogens is 631 g/mol. The molecule has 2 aliphatic rings. The van der Waals surface area contributed by atoms with Crippen LogP contribution in [0.1, 0.15) is 28.9 Å². The maximum atomic E-state index is 2.50. The van der Waals surface area contributed by atoms with Crippen molar-refractivity contribution in [3.63, 3.8) is 0 Å². The highest BCUT2D eigenvalue weighted by Crippen LogP contribution is 2.43. The van der Waals surface area contributed by atoms with E-state index in [9.17, 15) is 0 Å². The monoisotopic (exact) mass is 665 g/mol. The summed E-state index contributed by atoms with van der Waals surface area (Å²) in [5.41, 5.74) is 16.2. The van der Waals surface area contributed by atoms with Crippen molar-refractivity contribution in [2.45, 2.75) is 19.3 Å². The van der Waals surface area contributed by atoms with Crippen molar-refractivity contribution >= 4 is 55.8 Å². The molecule has 0 radical (unpaired) electrons. The zero-order valence-corrected chi connectivity index (χ0v) is 28.7. The third-order valence-electron chi connectivity index (χ3n) is 11.2. The molecule has 0 fully saturated rings. The fourth-order valence-electron chi connectivity index (χ4n) is 9.04. The normalized spacial score (nSPS) is 13.7. The Morgan fingerprint density at radius 2 is 0.962 bits per heavy atom. The molecule has 0 spiro atoms. The Morgan fingerprint density at radius 3 is 1.56 bits per heavy atom. The molecule has 3 aromatic heterocycles. The molecule has 9 aromatic rings. The van der Waals surface area contributed by atoms with Gasteiger partial charge in [-0.25, -0.2) is 0 Å². The third kappa shape index (κ3) is 4.20. The van der Waals surface area contributed by atoms with Crippen LogP contribution < -0.4 is 0 Å². The second kappa shape index (κ2) is 11.5. The van der Waals surface area contributed by atoms with Crippen LogP contribution in [-0.2, 0) is 12.8 Å². The van der Waals surface area contributed by atoms with Gasteiger partial charge in [0.2, 0.25) is 0 Å². The molecule has 3 nitrogen and oxygen atoms in total. The van der Waals surface area contributed by atoms with Crippen LogP contribution in [0.15, 0.2) is 164 Å². The fourth-order valence-corrected chi connectivity index (χ4v) is 9.04. The maximum absolute atomic E-state index is 2.50. The molecule has 6 aromatic carbocycles. The van der Waals surface area contributed by atoms with Gasteiger partial charge in [-0.3, -0.25) is 0 Å². The highest BCUT2D eigenvalue weighted by molar-refractivity contribution is 6.12. The predicted octanol–water partition coefficient (Wildman–Crippen LogP) is 12.4. The summed E-state index contributed by atoms with van der Waals surface area (Å²) in [5.74, 6) is 0. The lowest BCUT2D eigenvalue weighted by Gasteiger charge is -2.21. The summed E-state index contributed by atoms with van der Waals surface area (Å²) in [7, 11) is 0. The topological polar surface area (TPSA) is 14.8 Å². The van der Waals surface area contributed by atoms with E-state index in [0.717, 1.165) is 30.6 Å². The van der Waals surface area contributed by atoms with E-state index in [0.29, 0.717) is 0 Å². The minimum atomic E-state index is 0.958. The van der Waals surface area contributed by atoms with Crippen molar-refractivity contribution in [2.75, 3.05) is 0 Å². The Balaban J connectivity index is 1.26. The first-order chi connectivity index (χ1) is 25.8. The third-order valence-corrected chi connectivity index (χ3v) is 11.2. The number of rotatable bonds is 4. The number of allylic oxidation sites excluding steroid dienone is 4. The molecule has 52 heavy (non-hydrogen) atoms. The molecule has 2 aliphatic carbocycles. The first kappa shape index (κ1) is 29.2. The van der Waals surface area contributed by atoms with Crippen LogP contribution in [0.5, 0.6) is 0 Å². The largest absolute Gasteiger partial charge is 0.310 e. The summed E-state index contributed by atoms with van der Waals surface area (Å²) in [6, 6.07) is 51.4. The minimum Gasteiger partial charge on any atom is -0.310 e. The zero-order chi connectivity index (χ0) is 34.2. The van der Waals surface area contributed by atoms with E-state index in [-0.39, 0.29) is 0 Å². The minimum absolute atomic E-state index is 0.958. The Hall–Kier alpha value is -6.58. The van der Waals surface area contributed by atoms with Gasteiger partial charge in [-0.15, -0.1) is 0 Å². The second-order valence-electron chi connectivity index (χ2n) is 14.0. The van der Waals surface area contributed by atoms with Crippen LogP contribution in [0, 0.1) is 0 Å². The van der Waals surface area contributed by atoms with Crippen LogP contribution in [-0.4, -0.2) is 13.7 Å². The molecule has 0 unspecified atom stereocenters. The summed E-state index contributed by atoms with van der Waals surface area (Å²) >= 11 is 0. The van der Waals surface area contributed by atoms with E-state index in [1.165, 1.54) is 82.9 Å². The van der Waals surface area contributed by atoms with Gasteiger partial charge in [-0.1, -0.05) is 115 Å². The van der Waals surface area contributed by atoms with Gasteiger partial charge in [0.1, 0.15) is 0 Å². The number of para-hydroxylation sites is 4. The molecule has 246 valence electrons. The molecule has 3 heteroatoms. The average Bonchev–Trinajstić information content (AvgIpc) is 3.75. The van der Waals surface area contributed by atoms with E-state index in [1.807, 2.05) is 0 Å². The summed E-state index contributed by atoms with van der Waals surface area (Å²) in [4.78, 5) is 0. The molecule has 0 aliphatic heterocycles. The molecule has 0 saturated heterocycles. The summed E-state index contributed by atoms with van der Waals surface area (Å²) in [5, 5.41) is 5.03. The smallest absolute Gasteiger partial charge is 0.0561 e. The van der Waals surface area contributed by atoms with E-state index in [2.05, 4.69) is 190 Å². The van der Waals surface area contributed by atoms with E-state index in [4.69, 9.17) is 0 Å². The molecule has 11 rings (SSSR count). The van der Waals surface area contributed by atoms with Gasteiger partial charge in [-0.2, -0.15) is 0 Å². The lowest BCUT2D eigenvalue weighted by Crippen LogP contribution is -2.05. The van der Waals surface area contributed by atoms with Crippen molar-refractivity contribution in [1.29, 1.82) is 0 Å². The summed E-state index contributed by atoms with van der Waals surface area (Å²) < 4.78 is 7.45. The van der Waals surface area contributed by atoms with Crippen LogP contribution in [0.3, 0.4) is 0 Å². The second-order valence-corrected chi connectivity index (χ2v) is 14.0. The predicted molar refractivity (Wildman–Crippen MR) is 219 cm³/mol. The zero-order valence-electron chi connectivity index (χ0n) is 28.7. The Kier molecular flexibility index (Phi) is 6.44. The maximum Gasteiger partial charge on any atom is 0.0561 e. The SMILES string of the molecule is C1=CCc2c3c(n(-c4cccc(-c5c(-n6c7ccccc7c7ccccc76)cccc5-n5c6ccccc6c6ccccc65)c4)c2C=C1)C=CCC3. The van der Waals surface area contributed by atoms with Crippen molar-refractivity contribution in [3.8, 4) is 28.2 Å². The van der Waals surface area contributed by atoms with Gasteiger partial charge >= 0.3 is 0 Å². The van der Waals surface area contributed by atoms with Crippen molar-refractivity contribution < 1.29 is 0 Å². The van der Waals surface area contributed by atoms with Crippen molar-refractivity contribution in [2.24, 2.45) is 0 Å². The number of fused-ring (bicyclic) bond motifs is 9. The molecule has 0 amide bonds. The molecule has 3 heterocycles. The van der Waals surface area contributed by atoms with Gasteiger partial charge < -0.3 is 13.7 Å². The fraction of sp³-hybridized carbons (Fsp3) is 0.0612. The van der Waals surface area contributed by atoms with E-state index >= 15 is 0 Å². The molecule has 0 saturated carbocycles. The van der Waals surface area contributed by atoms with E-state index < -0.39 is 0 Å². The van der Waals surface area contributed by atoms with Crippen molar-refractivity contribution in [3.05, 3.63) is 186 Å². The molecule has 0 N–H and O–H groups in total. The lowest BCUT2D eigenvalue weighted by atomic mass is 9.97. The Labute approximate surface area is 302 Å². The van der Waals surface area contributed by atoms with Gasteiger partial charge in [0, 0.05) is 44.2 Å². The molecular formula is C49H35N3. The lowest BCUT2D eigenvalue weighted by molar-refractivity contribution is 0.950. The quantitative estimate of drug-likeness (QED) is 0.178. The van der Waals surface area contributed by atoms with Gasteiger partial charge in [0.15, 0.2) is 0 Å². The van der Waals surface area contributed by atoms with Crippen LogP contribution in [0.25, 0.3) is 84.0 Å². The highest BCUT2D eigenvalue weighted by atomic mass is 15.0. The van der Waals surface area contributed by atoms with Gasteiger partial charge in [-0.05, 0) is 96.6 Å². The van der Waals surface area contributed by atoms with Crippen LogP contribution in [0.4, 0.5) is 0 Å². The Morgan fingerprint density at radius 1 is 0.423 bits per heavy atom. The average molecular weight is 666 g/mol. The van der Waals surface area contributed by atoms with Crippen LogP contribution >= 0.6 is 0 Å². The number of aromatic nitrogens is 3. The first-order valence-corrected chi connectivity index (χ1v) is 18.3. The van der Waals surface area contributed by atoms with Gasteiger partial charge in [0.05, 0.1) is 33.4 Å². The number of nitrogens with zero attached hydrogens (tertiary/aromatic N) is 3. The highest BCUT2D eigenvalue weighted by Gasteiger charge is 2.25. The number of hydrogen-bond donors (Lipinski definition) is 0. The van der Waals surface area contributed by atoms with Gasteiger partial charge in [0.25, 0.3) is 0 Å². The summed E-state index contributed by atoms with van der Waals surface area (Å²) in [6.07, 6.45) is 16.8.